The second kappa shape index (κ2) is 5.16. The summed E-state index contributed by atoms with van der Waals surface area (Å²) in [5.74, 6) is 5.21. The third-order valence-electron chi connectivity index (χ3n) is 3.08. The second-order valence-electron chi connectivity index (χ2n) is 4.22. The van der Waals surface area contributed by atoms with E-state index in [1.165, 1.54) is 0 Å². The summed E-state index contributed by atoms with van der Waals surface area (Å²) in [6.07, 6.45) is 2.08. The molecule has 0 unspecified atom stereocenters. The van der Waals surface area contributed by atoms with E-state index in [2.05, 4.69) is 10.7 Å². The zero-order chi connectivity index (χ0) is 12.3. The molecule has 0 bridgehead atoms. The lowest BCUT2D eigenvalue weighted by Crippen LogP contribution is -2.47. The average Bonchev–Trinajstić information content (AvgIpc) is 2.33. The molecule has 17 heavy (non-hydrogen) atoms. The Bertz CT molecular complexity index is 385. The zero-order valence-corrected chi connectivity index (χ0v) is 9.77. The van der Waals surface area contributed by atoms with E-state index in [9.17, 15) is 4.79 Å². The second-order valence-corrected chi connectivity index (χ2v) is 4.22. The number of hydrazine groups is 1. The molecule has 5 nitrogen and oxygen atoms in total. The number of amides is 1. The fourth-order valence-corrected chi connectivity index (χ4v) is 1.86. The van der Waals surface area contributed by atoms with Crippen LogP contribution in [0.5, 0.6) is 0 Å². The highest BCUT2D eigenvalue weighted by Gasteiger charge is 2.30. The fourth-order valence-electron chi connectivity index (χ4n) is 1.86. The van der Waals surface area contributed by atoms with Gasteiger partial charge < -0.3 is 15.5 Å². The highest BCUT2D eigenvalue weighted by atomic mass is 16.5. The number of carbonyl (C=O) groups is 1. The summed E-state index contributed by atoms with van der Waals surface area (Å²) in [7, 11) is 1.70. The molecule has 0 radical (unpaired) electrons. The van der Waals surface area contributed by atoms with Crippen molar-refractivity contribution in [1.82, 2.24) is 5.32 Å². The van der Waals surface area contributed by atoms with E-state index in [4.69, 9.17) is 10.6 Å². The summed E-state index contributed by atoms with van der Waals surface area (Å²) < 4.78 is 5.16. The Hall–Kier alpha value is -1.59. The first-order valence-electron chi connectivity index (χ1n) is 5.63. The smallest absolute Gasteiger partial charge is 0.251 e. The van der Waals surface area contributed by atoms with Crippen LogP contribution in [0.1, 0.15) is 23.2 Å². The van der Waals surface area contributed by atoms with Crippen molar-refractivity contribution in [1.29, 1.82) is 0 Å². The molecule has 1 fully saturated rings. The molecule has 1 amide bonds. The monoisotopic (exact) mass is 235 g/mol. The van der Waals surface area contributed by atoms with Crippen LogP contribution in [0.15, 0.2) is 24.3 Å². The molecule has 4 N–H and O–H groups in total. The number of nitrogens with one attached hydrogen (secondary N) is 2. The highest BCUT2D eigenvalue weighted by Crippen LogP contribution is 2.22. The van der Waals surface area contributed by atoms with Gasteiger partial charge in [0.15, 0.2) is 0 Å². The number of methoxy groups -OCH3 is 1. The Balaban J connectivity index is 1.87. The average molecular weight is 235 g/mol. The molecule has 0 atom stereocenters. The van der Waals surface area contributed by atoms with Gasteiger partial charge in [0, 0.05) is 24.4 Å². The van der Waals surface area contributed by atoms with Crippen LogP contribution < -0.4 is 16.6 Å². The van der Waals surface area contributed by atoms with Crippen molar-refractivity contribution in [2.75, 3.05) is 12.5 Å². The van der Waals surface area contributed by atoms with Crippen molar-refractivity contribution in [3.8, 4) is 0 Å². The van der Waals surface area contributed by atoms with Crippen LogP contribution in [-0.4, -0.2) is 25.2 Å². The van der Waals surface area contributed by atoms with Gasteiger partial charge in [0.2, 0.25) is 0 Å². The van der Waals surface area contributed by atoms with E-state index in [0.29, 0.717) is 11.7 Å². The number of carbonyl (C=O) groups excluding carboxylic acids is 1. The number of nitrogens with two attached hydrogens (primary N) is 1. The predicted molar refractivity (Wildman–Crippen MR) is 65.5 cm³/mol. The minimum Gasteiger partial charge on any atom is -0.381 e. The molecule has 1 aromatic carbocycles. The van der Waals surface area contributed by atoms with Crippen molar-refractivity contribution < 1.29 is 9.53 Å². The van der Waals surface area contributed by atoms with Gasteiger partial charge in [-0.15, -0.1) is 0 Å². The topological polar surface area (TPSA) is 76.4 Å². The highest BCUT2D eigenvalue weighted by molar-refractivity contribution is 5.94. The minimum absolute atomic E-state index is 0.0480. The van der Waals surface area contributed by atoms with Crippen LogP contribution in [0.25, 0.3) is 0 Å². The van der Waals surface area contributed by atoms with Crippen LogP contribution in [0.4, 0.5) is 5.69 Å². The lowest BCUT2D eigenvalue weighted by molar-refractivity contribution is 0.0176. The van der Waals surface area contributed by atoms with Gasteiger partial charge in [-0.3, -0.25) is 10.6 Å². The zero-order valence-electron chi connectivity index (χ0n) is 9.77. The molecular weight excluding hydrogens is 218 g/mol. The van der Waals surface area contributed by atoms with Gasteiger partial charge in [-0.05, 0) is 37.1 Å². The summed E-state index contributed by atoms with van der Waals surface area (Å²) in [5, 5.41) is 2.96. The number of ether oxygens (including phenoxy) is 1. The van der Waals surface area contributed by atoms with Gasteiger partial charge in [-0.1, -0.05) is 0 Å². The molecule has 1 aliphatic carbocycles. The van der Waals surface area contributed by atoms with Gasteiger partial charge in [-0.25, -0.2) is 0 Å². The van der Waals surface area contributed by atoms with Gasteiger partial charge in [0.1, 0.15) is 0 Å². The molecule has 1 aliphatic rings. The Morgan fingerprint density at radius 3 is 2.53 bits per heavy atom. The minimum atomic E-state index is -0.0480. The van der Waals surface area contributed by atoms with Gasteiger partial charge in [0.25, 0.3) is 5.91 Å². The molecule has 0 heterocycles. The predicted octanol–water partition coefficient (Wildman–Crippen LogP) is 0.879. The van der Waals surface area contributed by atoms with Crippen molar-refractivity contribution in [2.24, 2.45) is 5.84 Å². The number of benzene rings is 1. The van der Waals surface area contributed by atoms with E-state index >= 15 is 0 Å². The Morgan fingerprint density at radius 2 is 2.00 bits per heavy atom. The SMILES string of the molecule is COC1CC(NC(=O)c2ccc(NN)cc2)C1. The quantitative estimate of drug-likeness (QED) is 0.535. The van der Waals surface area contributed by atoms with E-state index in [1.807, 2.05) is 0 Å². The first-order chi connectivity index (χ1) is 8.22. The lowest BCUT2D eigenvalue weighted by atomic mass is 9.89. The molecule has 0 aliphatic heterocycles. The third-order valence-corrected chi connectivity index (χ3v) is 3.08. The molecule has 0 aromatic heterocycles. The molecule has 5 heteroatoms. The van der Waals surface area contributed by atoms with E-state index < -0.39 is 0 Å². The number of hydrogen-bond donors (Lipinski definition) is 3. The van der Waals surface area contributed by atoms with Crippen LogP contribution >= 0.6 is 0 Å². The number of rotatable bonds is 4. The molecule has 2 rings (SSSR count). The summed E-state index contributed by atoms with van der Waals surface area (Å²) in [4.78, 5) is 11.8. The molecule has 0 spiro atoms. The first-order valence-corrected chi connectivity index (χ1v) is 5.63. The molecular formula is C12H17N3O2. The molecule has 92 valence electrons. The van der Waals surface area contributed by atoms with Crippen LogP contribution in [-0.2, 0) is 4.74 Å². The van der Waals surface area contributed by atoms with Gasteiger partial charge >= 0.3 is 0 Å². The van der Waals surface area contributed by atoms with Gasteiger partial charge in [0.05, 0.1) is 6.10 Å². The Kier molecular flexibility index (Phi) is 3.61. The maximum Gasteiger partial charge on any atom is 0.251 e. The van der Waals surface area contributed by atoms with Crippen LogP contribution in [0.2, 0.25) is 0 Å². The standard InChI is InChI=1S/C12H17N3O2/c1-17-11-6-10(7-11)14-12(16)8-2-4-9(15-13)5-3-8/h2-5,10-11,15H,6-7,13H2,1H3,(H,14,16). The lowest BCUT2D eigenvalue weighted by Gasteiger charge is -2.34. The fraction of sp³-hybridized carbons (Fsp3) is 0.417. The third kappa shape index (κ3) is 2.75. The maximum absolute atomic E-state index is 11.8. The normalized spacial score (nSPS) is 22.7. The van der Waals surface area contributed by atoms with Crippen molar-refractivity contribution in [3.63, 3.8) is 0 Å². The Morgan fingerprint density at radius 1 is 1.35 bits per heavy atom. The van der Waals surface area contributed by atoms with E-state index in [-0.39, 0.29) is 11.9 Å². The molecule has 1 aromatic rings. The molecule has 0 saturated heterocycles. The number of nitrogen functional groups attached to an aromatic ring is 1. The van der Waals surface area contributed by atoms with Crippen LogP contribution in [0, 0.1) is 0 Å². The first kappa shape index (κ1) is 11.9. The summed E-state index contributed by atoms with van der Waals surface area (Å²) in [6, 6.07) is 7.27. The largest absolute Gasteiger partial charge is 0.381 e. The van der Waals surface area contributed by atoms with Crippen molar-refractivity contribution in [2.45, 2.75) is 25.0 Å². The summed E-state index contributed by atoms with van der Waals surface area (Å²) in [6.45, 7) is 0. The summed E-state index contributed by atoms with van der Waals surface area (Å²) >= 11 is 0. The number of hydrogen-bond acceptors (Lipinski definition) is 4. The Labute approximate surface area is 100 Å². The van der Waals surface area contributed by atoms with Gasteiger partial charge in [-0.2, -0.15) is 0 Å². The van der Waals surface area contributed by atoms with Crippen molar-refractivity contribution >= 4 is 11.6 Å². The maximum atomic E-state index is 11.8. The van der Waals surface area contributed by atoms with Crippen LogP contribution in [0.3, 0.4) is 0 Å². The summed E-state index contributed by atoms with van der Waals surface area (Å²) in [5.41, 5.74) is 3.95. The van der Waals surface area contributed by atoms with Crippen molar-refractivity contribution in [3.05, 3.63) is 29.8 Å². The van der Waals surface area contributed by atoms with E-state index in [1.54, 1.807) is 31.4 Å². The molecule has 1 saturated carbocycles. The van der Waals surface area contributed by atoms with E-state index in [0.717, 1.165) is 18.5 Å². The number of anilines is 1.